The van der Waals surface area contributed by atoms with E-state index in [0.717, 1.165) is 29.4 Å². The average molecular weight is 237 g/mol. The van der Waals surface area contributed by atoms with Gasteiger partial charge in [-0.15, -0.1) is 0 Å². The smallest absolute Gasteiger partial charge is 0.236 e. The lowest BCUT2D eigenvalue weighted by atomic mass is 10.2. The van der Waals surface area contributed by atoms with Gasteiger partial charge in [-0.05, 0) is 6.92 Å². The highest BCUT2D eigenvalue weighted by molar-refractivity contribution is 5.79. The zero-order chi connectivity index (χ0) is 13.0. The highest BCUT2D eigenvalue weighted by Gasteiger charge is 2.14. The van der Waals surface area contributed by atoms with Gasteiger partial charge in [0.25, 0.3) is 0 Å². The number of primary amides is 1. The van der Waals surface area contributed by atoms with Crippen LogP contribution in [0, 0.1) is 6.92 Å². The molecule has 0 aliphatic carbocycles. The van der Waals surface area contributed by atoms with Gasteiger partial charge >= 0.3 is 0 Å². The lowest BCUT2D eigenvalue weighted by Gasteiger charge is -2.20. The molecule has 3 N–H and O–H groups in total. The third-order valence-electron chi connectivity index (χ3n) is 2.47. The van der Waals surface area contributed by atoms with Crippen molar-refractivity contribution in [2.45, 2.75) is 20.3 Å². The maximum atomic E-state index is 10.9. The first-order valence-corrected chi connectivity index (χ1v) is 5.54. The Labute approximate surface area is 101 Å². The van der Waals surface area contributed by atoms with Crippen LogP contribution in [0.1, 0.15) is 18.3 Å². The predicted octanol–water partition coefficient (Wildman–Crippen LogP) is 0.311. The third-order valence-corrected chi connectivity index (χ3v) is 2.47. The van der Waals surface area contributed by atoms with E-state index in [9.17, 15) is 4.79 Å². The fraction of sp³-hybridized carbons (Fsp3) is 0.545. The van der Waals surface area contributed by atoms with Crippen LogP contribution in [0.2, 0.25) is 0 Å². The fourth-order valence-electron chi connectivity index (χ4n) is 1.63. The van der Waals surface area contributed by atoms with E-state index < -0.39 is 0 Å². The first-order chi connectivity index (χ1) is 7.99. The van der Waals surface area contributed by atoms with Crippen molar-refractivity contribution in [2.24, 2.45) is 5.73 Å². The number of rotatable bonds is 5. The molecule has 0 unspecified atom stereocenters. The largest absolute Gasteiger partial charge is 0.373 e. The maximum absolute atomic E-state index is 10.9. The van der Waals surface area contributed by atoms with Crippen molar-refractivity contribution < 1.29 is 4.79 Å². The second kappa shape index (κ2) is 5.47. The molecule has 0 bridgehead atoms. The lowest BCUT2D eigenvalue weighted by Crippen LogP contribution is -2.32. The Morgan fingerprint density at radius 2 is 2.12 bits per heavy atom. The Morgan fingerprint density at radius 1 is 1.47 bits per heavy atom. The third kappa shape index (κ3) is 3.05. The quantitative estimate of drug-likeness (QED) is 0.770. The minimum absolute atomic E-state index is 0.143. The molecule has 0 spiro atoms. The number of carbonyl (C=O) groups excluding carboxylic acids is 1. The highest BCUT2D eigenvalue weighted by Crippen LogP contribution is 2.22. The Kier molecular flexibility index (Phi) is 4.25. The Morgan fingerprint density at radius 3 is 2.59 bits per heavy atom. The molecule has 0 aromatic carbocycles. The van der Waals surface area contributed by atoms with Crippen molar-refractivity contribution in [2.75, 3.05) is 30.9 Å². The zero-order valence-electron chi connectivity index (χ0n) is 10.7. The number of anilines is 2. The summed E-state index contributed by atoms with van der Waals surface area (Å²) in [6.45, 7) is 4.05. The minimum Gasteiger partial charge on any atom is -0.373 e. The average Bonchev–Trinajstić information content (AvgIpc) is 2.28. The number of hydrogen-bond acceptors (Lipinski definition) is 5. The monoisotopic (exact) mass is 237 g/mol. The van der Waals surface area contributed by atoms with Gasteiger partial charge in [-0.3, -0.25) is 4.79 Å². The molecule has 1 heterocycles. The van der Waals surface area contributed by atoms with Crippen LogP contribution in [0.3, 0.4) is 0 Å². The standard InChI is InChI=1S/C11H19N5O/c1-5-9-14-10(13-3)7(2)11(15-9)16(4)6-8(12)17/h5-6H2,1-4H3,(H2,12,17)(H,13,14,15). The summed E-state index contributed by atoms with van der Waals surface area (Å²) in [7, 11) is 3.60. The van der Waals surface area contributed by atoms with E-state index in [1.807, 2.05) is 20.9 Å². The summed E-state index contributed by atoms with van der Waals surface area (Å²) in [5.41, 5.74) is 6.09. The van der Waals surface area contributed by atoms with E-state index in [4.69, 9.17) is 5.73 Å². The number of amides is 1. The van der Waals surface area contributed by atoms with Gasteiger partial charge < -0.3 is 16.0 Å². The van der Waals surface area contributed by atoms with Crippen molar-refractivity contribution in [1.29, 1.82) is 0 Å². The summed E-state index contributed by atoms with van der Waals surface area (Å²) < 4.78 is 0. The molecule has 1 aromatic rings. The molecule has 1 aromatic heterocycles. The van der Waals surface area contributed by atoms with Crippen LogP contribution in [-0.2, 0) is 11.2 Å². The molecule has 0 fully saturated rings. The van der Waals surface area contributed by atoms with Crippen LogP contribution in [0.15, 0.2) is 0 Å². The molecular weight excluding hydrogens is 218 g/mol. The van der Waals surface area contributed by atoms with E-state index in [-0.39, 0.29) is 12.5 Å². The second-order valence-electron chi connectivity index (χ2n) is 3.86. The molecule has 0 radical (unpaired) electrons. The van der Waals surface area contributed by atoms with Crippen molar-refractivity contribution >= 4 is 17.5 Å². The summed E-state index contributed by atoms with van der Waals surface area (Å²) in [5.74, 6) is 1.88. The van der Waals surface area contributed by atoms with Crippen LogP contribution < -0.4 is 16.0 Å². The Bertz CT molecular complexity index is 419. The van der Waals surface area contributed by atoms with E-state index in [0.29, 0.717) is 0 Å². The van der Waals surface area contributed by atoms with E-state index in [2.05, 4.69) is 15.3 Å². The van der Waals surface area contributed by atoms with Crippen molar-refractivity contribution in [3.05, 3.63) is 11.4 Å². The molecule has 1 rings (SSSR count). The number of aromatic nitrogens is 2. The van der Waals surface area contributed by atoms with Gasteiger partial charge in [-0.2, -0.15) is 0 Å². The van der Waals surface area contributed by atoms with Gasteiger partial charge in [0.05, 0.1) is 6.54 Å². The molecule has 17 heavy (non-hydrogen) atoms. The molecule has 6 nitrogen and oxygen atoms in total. The number of nitrogens with zero attached hydrogens (tertiary/aromatic N) is 3. The Hall–Kier alpha value is -1.85. The number of carbonyl (C=O) groups is 1. The van der Waals surface area contributed by atoms with Gasteiger partial charge in [0.15, 0.2) is 0 Å². The van der Waals surface area contributed by atoms with Crippen LogP contribution in [-0.4, -0.2) is 36.5 Å². The van der Waals surface area contributed by atoms with E-state index >= 15 is 0 Å². The molecule has 94 valence electrons. The first kappa shape index (κ1) is 13.2. The van der Waals surface area contributed by atoms with Crippen LogP contribution in [0.4, 0.5) is 11.6 Å². The molecule has 0 aliphatic rings. The number of aryl methyl sites for hydroxylation is 1. The van der Waals surface area contributed by atoms with E-state index in [1.54, 1.807) is 11.9 Å². The second-order valence-corrected chi connectivity index (χ2v) is 3.86. The fourth-order valence-corrected chi connectivity index (χ4v) is 1.63. The molecular formula is C11H19N5O. The molecule has 0 aliphatic heterocycles. The van der Waals surface area contributed by atoms with Crippen LogP contribution >= 0.6 is 0 Å². The summed E-state index contributed by atoms with van der Waals surface area (Å²) in [5, 5.41) is 3.02. The molecule has 0 saturated heterocycles. The summed E-state index contributed by atoms with van der Waals surface area (Å²) in [6.07, 6.45) is 0.742. The van der Waals surface area contributed by atoms with Crippen molar-refractivity contribution in [3.8, 4) is 0 Å². The first-order valence-electron chi connectivity index (χ1n) is 5.54. The molecule has 6 heteroatoms. The lowest BCUT2D eigenvalue weighted by molar-refractivity contribution is -0.116. The van der Waals surface area contributed by atoms with Gasteiger partial charge in [0.1, 0.15) is 17.5 Å². The van der Waals surface area contributed by atoms with Gasteiger partial charge in [-0.25, -0.2) is 9.97 Å². The van der Waals surface area contributed by atoms with E-state index in [1.165, 1.54) is 0 Å². The number of hydrogen-bond donors (Lipinski definition) is 2. The van der Waals surface area contributed by atoms with Crippen molar-refractivity contribution in [1.82, 2.24) is 9.97 Å². The SMILES string of the molecule is CCc1nc(NC)c(C)c(N(C)CC(N)=O)n1. The Balaban J connectivity index is 3.16. The normalized spacial score (nSPS) is 10.1. The molecule has 1 amide bonds. The predicted molar refractivity (Wildman–Crippen MR) is 68.2 cm³/mol. The van der Waals surface area contributed by atoms with Gasteiger partial charge in [0, 0.05) is 26.1 Å². The van der Waals surface area contributed by atoms with Crippen LogP contribution in [0.5, 0.6) is 0 Å². The minimum atomic E-state index is -0.380. The van der Waals surface area contributed by atoms with Gasteiger partial charge in [0.2, 0.25) is 5.91 Å². The highest BCUT2D eigenvalue weighted by atomic mass is 16.1. The summed E-state index contributed by atoms with van der Waals surface area (Å²) in [6, 6.07) is 0. The molecule has 0 atom stereocenters. The summed E-state index contributed by atoms with van der Waals surface area (Å²) in [4.78, 5) is 21.4. The zero-order valence-corrected chi connectivity index (χ0v) is 10.7. The van der Waals surface area contributed by atoms with Crippen molar-refractivity contribution in [3.63, 3.8) is 0 Å². The number of nitrogens with one attached hydrogen (secondary N) is 1. The maximum Gasteiger partial charge on any atom is 0.236 e. The number of nitrogens with two attached hydrogens (primary N) is 1. The topological polar surface area (TPSA) is 84.1 Å². The number of likely N-dealkylation sites (N-methyl/N-ethyl adjacent to an activating group) is 1. The molecule has 0 saturated carbocycles. The van der Waals surface area contributed by atoms with Crippen LogP contribution in [0.25, 0.3) is 0 Å². The van der Waals surface area contributed by atoms with Gasteiger partial charge in [-0.1, -0.05) is 6.92 Å². The summed E-state index contributed by atoms with van der Waals surface area (Å²) >= 11 is 0.